The predicted molar refractivity (Wildman–Crippen MR) is 76.9 cm³/mol. The van der Waals surface area contributed by atoms with E-state index < -0.39 is 0 Å². The molecule has 0 atom stereocenters. The minimum atomic E-state index is -0.264. The molecule has 0 amide bonds. The van der Waals surface area contributed by atoms with E-state index in [1.165, 1.54) is 12.1 Å². The Labute approximate surface area is 115 Å². The van der Waals surface area contributed by atoms with Crippen LogP contribution in [-0.4, -0.2) is 12.0 Å². The van der Waals surface area contributed by atoms with Crippen molar-refractivity contribution in [3.8, 4) is 0 Å². The number of fused-ring (bicyclic) bond motifs is 1. The quantitative estimate of drug-likeness (QED) is 0.743. The first-order chi connectivity index (χ1) is 9.61. The van der Waals surface area contributed by atoms with Crippen molar-refractivity contribution in [1.82, 2.24) is 4.98 Å². The first kappa shape index (κ1) is 12.5. The molecule has 0 saturated carbocycles. The maximum atomic E-state index is 13.2. The highest BCUT2D eigenvalue weighted by Gasteiger charge is 2.09. The van der Waals surface area contributed by atoms with Gasteiger partial charge in [-0.2, -0.15) is 0 Å². The Morgan fingerprint density at radius 1 is 1.25 bits per heavy atom. The molecule has 5 heteroatoms. The largest absolute Gasteiger partial charge is 0.439 e. The number of benzene rings is 2. The van der Waals surface area contributed by atoms with E-state index in [2.05, 4.69) is 4.98 Å². The number of rotatable bonds is 3. The van der Waals surface area contributed by atoms with Crippen LogP contribution in [0, 0.1) is 5.82 Å². The summed E-state index contributed by atoms with van der Waals surface area (Å²) in [5, 5.41) is 0. The molecule has 0 aliphatic rings. The van der Waals surface area contributed by atoms with E-state index in [4.69, 9.17) is 10.2 Å². The molecule has 4 nitrogen and oxygen atoms in total. The number of aromatic nitrogens is 1. The summed E-state index contributed by atoms with van der Waals surface area (Å²) in [6.45, 7) is 0.456. The third-order valence-corrected chi connectivity index (χ3v) is 3.08. The van der Waals surface area contributed by atoms with Crippen LogP contribution in [0.1, 0.15) is 5.89 Å². The molecule has 3 aromatic rings. The fourth-order valence-electron chi connectivity index (χ4n) is 2.07. The molecule has 0 aliphatic heterocycles. The van der Waals surface area contributed by atoms with Crippen LogP contribution in [0.3, 0.4) is 0 Å². The maximum absolute atomic E-state index is 13.2. The van der Waals surface area contributed by atoms with E-state index >= 15 is 0 Å². The average Bonchev–Trinajstić information content (AvgIpc) is 2.80. The summed E-state index contributed by atoms with van der Waals surface area (Å²) in [6.07, 6.45) is 0. The van der Waals surface area contributed by atoms with Gasteiger partial charge in [-0.05, 0) is 36.4 Å². The van der Waals surface area contributed by atoms with Crippen molar-refractivity contribution in [3.63, 3.8) is 0 Å². The fraction of sp³-hybridized carbons (Fsp3) is 0.133. The molecule has 0 saturated heterocycles. The van der Waals surface area contributed by atoms with Crippen LogP contribution in [0.4, 0.5) is 15.8 Å². The molecule has 2 N–H and O–H groups in total. The molecule has 20 heavy (non-hydrogen) atoms. The molecule has 2 aromatic carbocycles. The minimum absolute atomic E-state index is 0.264. The van der Waals surface area contributed by atoms with Gasteiger partial charge in [-0.3, -0.25) is 0 Å². The Morgan fingerprint density at radius 2 is 2.10 bits per heavy atom. The van der Waals surface area contributed by atoms with Gasteiger partial charge in [0.05, 0.1) is 6.54 Å². The molecule has 0 unspecified atom stereocenters. The number of oxazole rings is 1. The lowest BCUT2D eigenvalue weighted by Gasteiger charge is -2.16. The molecular weight excluding hydrogens is 257 g/mol. The van der Waals surface area contributed by atoms with Crippen molar-refractivity contribution in [1.29, 1.82) is 0 Å². The van der Waals surface area contributed by atoms with E-state index in [1.54, 1.807) is 24.3 Å². The van der Waals surface area contributed by atoms with E-state index in [0.717, 1.165) is 11.2 Å². The van der Waals surface area contributed by atoms with Crippen LogP contribution in [0.2, 0.25) is 0 Å². The van der Waals surface area contributed by atoms with E-state index in [0.29, 0.717) is 23.7 Å². The molecule has 1 heterocycles. The highest BCUT2D eigenvalue weighted by molar-refractivity contribution is 5.76. The van der Waals surface area contributed by atoms with Crippen molar-refractivity contribution >= 4 is 22.5 Å². The molecule has 0 fully saturated rings. The van der Waals surface area contributed by atoms with Crippen molar-refractivity contribution in [3.05, 3.63) is 54.2 Å². The summed E-state index contributed by atoms with van der Waals surface area (Å²) < 4.78 is 18.8. The Morgan fingerprint density at radius 3 is 2.90 bits per heavy atom. The normalized spacial score (nSPS) is 10.9. The van der Waals surface area contributed by atoms with Crippen molar-refractivity contribution in [2.75, 3.05) is 17.7 Å². The second-order valence-corrected chi connectivity index (χ2v) is 4.67. The average molecular weight is 271 g/mol. The van der Waals surface area contributed by atoms with Crippen LogP contribution < -0.4 is 10.6 Å². The molecule has 0 spiro atoms. The molecule has 0 bridgehead atoms. The van der Waals surface area contributed by atoms with Crippen LogP contribution in [0.25, 0.3) is 11.1 Å². The third-order valence-electron chi connectivity index (χ3n) is 3.08. The zero-order chi connectivity index (χ0) is 14.1. The molecular formula is C15H14FN3O. The van der Waals surface area contributed by atoms with E-state index in [-0.39, 0.29) is 5.82 Å². The maximum Gasteiger partial charge on any atom is 0.215 e. The number of hydrogen-bond acceptors (Lipinski definition) is 4. The van der Waals surface area contributed by atoms with Crippen LogP contribution >= 0.6 is 0 Å². The monoisotopic (exact) mass is 271 g/mol. The third kappa shape index (κ3) is 2.42. The number of anilines is 2. The molecule has 0 aliphatic carbocycles. The highest BCUT2D eigenvalue weighted by atomic mass is 19.1. The molecule has 1 aromatic heterocycles. The van der Waals surface area contributed by atoms with Gasteiger partial charge in [-0.1, -0.05) is 6.07 Å². The van der Waals surface area contributed by atoms with Gasteiger partial charge >= 0.3 is 0 Å². The standard InChI is InChI=1S/C15H14FN3O/c1-19(12-4-2-3-10(16)7-12)9-15-18-13-8-11(17)5-6-14(13)20-15/h2-8H,9,17H2,1H3. The summed E-state index contributed by atoms with van der Waals surface area (Å²) in [5.74, 6) is 0.303. The zero-order valence-corrected chi connectivity index (χ0v) is 11.0. The smallest absolute Gasteiger partial charge is 0.215 e. The number of halogens is 1. The van der Waals surface area contributed by atoms with Crippen LogP contribution in [0.15, 0.2) is 46.9 Å². The minimum Gasteiger partial charge on any atom is -0.439 e. The van der Waals surface area contributed by atoms with Crippen molar-refractivity contribution in [2.45, 2.75) is 6.54 Å². The number of nitrogens with two attached hydrogens (primary N) is 1. The Hall–Kier alpha value is -2.56. The molecule has 102 valence electrons. The van der Waals surface area contributed by atoms with Gasteiger partial charge in [0.1, 0.15) is 11.3 Å². The van der Waals surface area contributed by atoms with Gasteiger partial charge in [-0.15, -0.1) is 0 Å². The summed E-state index contributed by atoms with van der Waals surface area (Å²) in [4.78, 5) is 6.25. The van der Waals surface area contributed by atoms with E-state index in [9.17, 15) is 4.39 Å². The first-order valence-electron chi connectivity index (χ1n) is 6.23. The van der Waals surface area contributed by atoms with Gasteiger partial charge in [0, 0.05) is 18.4 Å². The fourth-order valence-corrected chi connectivity index (χ4v) is 2.07. The summed E-state index contributed by atoms with van der Waals surface area (Å²) >= 11 is 0. The van der Waals surface area contributed by atoms with Gasteiger partial charge < -0.3 is 15.1 Å². The summed E-state index contributed by atoms with van der Waals surface area (Å²) in [5.41, 5.74) is 8.55. The summed E-state index contributed by atoms with van der Waals surface area (Å²) in [6, 6.07) is 11.7. The van der Waals surface area contributed by atoms with Gasteiger partial charge in [0.15, 0.2) is 5.58 Å². The Kier molecular flexibility index (Phi) is 3.02. The van der Waals surface area contributed by atoms with Crippen molar-refractivity contribution in [2.24, 2.45) is 0 Å². The lowest BCUT2D eigenvalue weighted by Crippen LogP contribution is -2.16. The lowest BCUT2D eigenvalue weighted by atomic mass is 10.3. The zero-order valence-electron chi connectivity index (χ0n) is 11.0. The molecule has 3 rings (SSSR count). The summed E-state index contributed by atoms with van der Waals surface area (Å²) in [7, 11) is 1.86. The SMILES string of the molecule is CN(Cc1nc2cc(N)ccc2o1)c1cccc(F)c1. The van der Waals surface area contributed by atoms with Crippen molar-refractivity contribution < 1.29 is 8.81 Å². The Bertz CT molecular complexity index is 754. The second-order valence-electron chi connectivity index (χ2n) is 4.67. The van der Waals surface area contributed by atoms with Gasteiger partial charge in [0.25, 0.3) is 0 Å². The van der Waals surface area contributed by atoms with Crippen LogP contribution in [0.5, 0.6) is 0 Å². The van der Waals surface area contributed by atoms with Gasteiger partial charge in [0.2, 0.25) is 5.89 Å². The highest BCUT2D eigenvalue weighted by Crippen LogP contribution is 2.21. The molecule has 0 radical (unpaired) electrons. The number of hydrogen-bond donors (Lipinski definition) is 1. The van der Waals surface area contributed by atoms with E-state index in [1.807, 2.05) is 18.0 Å². The topological polar surface area (TPSA) is 55.3 Å². The second kappa shape index (κ2) is 4.85. The van der Waals surface area contributed by atoms with Crippen LogP contribution in [-0.2, 0) is 6.54 Å². The Balaban J connectivity index is 1.85. The number of nitrogens with zero attached hydrogens (tertiary/aromatic N) is 2. The van der Waals surface area contributed by atoms with Gasteiger partial charge in [-0.25, -0.2) is 9.37 Å². The predicted octanol–water partition coefficient (Wildman–Crippen LogP) is 3.19. The first-order valence-corrected chi connectivity index (χ1v) is 6.23. The number of nitrogen functional groups attached to an aromatic ring is 1. The lowest BCUT2D eigenvalue weighted by molar-refractivity contribution is 0.526.